The standard InChI is InChI=1S/C17H11Cl3N4O/c18-11-1-3-14(4-2-11)24-17-21-8-10(9-22-17)16(25)23-15-6-12(19)5-13(20)7-15/h1-9H,(H,23,25)(H,21,22,24). The van der Waals surface area contributed by atoms with Crippen LogP contribution >= 0.6 is 34.8 Å². The molecule has 0 unspecified atom stereocenters. The maximum atomic E-state index is 12.2. The molecule has 0 atom stereocenters. The number of hydrogen-bond donors (Lipinski definition) is 2. The highest BCUT2D eigenvalue weighted by molar-refractivity contribution is 6.35. The van der Waals surface area contributed by atoms with Crippen LogP contribution in [0.4, 0.5) is 17.3 Å². The number of nitrogens with one attached hydrogen (secondary N) is 2. The zero-order valence-electron chi connectivity index (χ0n) is 12.6. The molecule has 1 heterocycles. The van der Waals surface area contributed by atoms with Gasteiger partial charge in [0.25, 0.3) is 5.91 Å². The summed E-state index contributed by atoms with van der Waals surface area (Å²) in [5.41, 5.74) is 1.58. The molecule has 0 aliphatic carbocycles. The van der Waals surface area contributed by atoms with Gasteiger partial charge in [-0.25, -0.2) is 9.97 Å². The van der Waals surface area contributed by atoms with Crippen molar-refractivity contribution in [3.8, 4) is 0 Å². The Morgan fingerprint density at radius 3 is 2.00 bits per heavy atom. The van der Waals surface area contributed by atoms with Gasteiger partial charge < -0.3 is 10.6 Å². The van der Waals surface area contributed by atoms with E-state index in [1.807, 2.05) is 0 Å². The molecule has 2 N–H and O–H groups in total. The molecule has 0 aliphatic rings. The fraction of sp³-hybridized carbons (Fsp3) is 0. The van der Waals surface area contributed by atoms with Crippen LogP contribution in [0.2, 0.25) is 15.1 Å². The molecule has 2 aromatic carbocycles. The fourth-order valence-electron chi connectivity index (χ4n) is 2.00. The highest BCUT2D eigenvalue weighted by atomic mass is 35.5. The Kier molecular flexibility index (Phi) is 5.38. The Bertz CT molecular complexity index is 879. The van der Waals surface area contributed by atoms with E-state index < -0.39 is 0 Å². The van der Waals surface area contributed by atoms with Crippen LogP contribution in [0.15, 0.2) is 54.9 Å². The van der Waals surface area contributed by atoms with E-state index in [2.05, 4.69) is 20.6 Å². The van der Waals surface area contributed by atoms with Crippen LogP contribution in [0.3, 0.4) is 0 Å². The maximum Gasteiger partial charge on any atom is 0.258 e. The molecule has 0 aliphatic heterocycles. The van der Waals surface area contributed by atoms with Crippen molar-refractivity contribution in [3.05, 3.63) is 75.5 Å². The van der Waals surface area contributed by atoms with Gasteiger partial charge in [-0.1, -0.05) is 34.8 Å². The van der Waals surface area contributed by atoms with Crippen molar-refractivity contribution in [1.82, 2.24) is 9.97 Å². The van der Waals surface area contributed by atoms with Crippen molar-refractivity contribution in [2.24, 2.45) is 0 Å². The smallest absolute Gasteiger partial charge is 0.258 e. The van der Waals surface area contributed by atoms with Gasteiger partial charge >= 0.3 is 0 Å². The first-order valence-corrected chi connectivity index (χ1v) is 8.25. The van der Waals surface area contributed by atoms with Crippen molar-refractivity contribution in [3.63, 3.8) is 0 Å². The number of nitrogens with zero attached hydrogens (tertiary/aromatic N) is 2. The summed E-state index contributed by atoms with van der Waals surface area (Å²) < 4.78 is 0. The molecule has 0 spiro atoms. The molecule has 126 valence electrons. The summed E-state index contributed by atoms with van der Waals surface area (Å²) in [4.78, 5) is 20.5. The van der Waals surface area contributed by atoms with Gasteiger partial charge in [0.2, 0.25) is 5.95 Å². The number of rotatable bonds is 4. The second-order valence-corrected chi connectivity index (χ2v) is 6.35. The molecule has 8 heteroatoms. The number of amides is 1. The van der Waals surface area contributed by atoms with E-state index in [0.717, 1.165) is 5.69 Å². The quantitative estimate of drug-likeness (QED) is 0.620. The van der Waals surface area contributed by atoms with Crippen molar-refractivity contribution >= 4 is 58.0 Å². The molecular weight excluding hydrogens is 383 g/mol. The van der Waals surface area contributed by atoms with Gasteiger partial charge in [-0.05, 0) is 42.5 Å². The number of anilines is 3. The van der Waals surface area contributed by atoms with Crippen molar-refractivity contribution in [2.75, 3.05) is 10.6 Å². The lowest BCUT2D eigenvalue weighted by Gasteiger charge is -2.07. The third kappa shape index (κ3) is 4.82. The summed E-state index contributed by atoms with van der Waals surface area (Å²) in [6.45, 7) is 0. The van der Waals surface area contributed by atoms with E-state index >= 15 is 0 Å². The van der Waals surface area contributed by atoms with Crippen LogP contribution in [0, 0.1) is 0 Å². The highest BCUT2D eigenvalue weighted by Gasteiger charge is 2.09. The van der Waals surface area contributed by atoms with E-state index in [1.54, 1.807) is 42.5 Å². The maximum absolute atomic E-state index is 12.2. The van der Waals surface area contributed by atoms with E-state index in [1.165, 1.54) is 12.4 Å². The summed E-state index contributed by atoms with van der Waals surface area (Å²) in [6.07, 6.45) is 2.85. The van der Waals surface area contributed by atoms with Gasteiger partial charge in [0.15, 0.2) is 0 Å². The number of carbonyl (C=O) groups is 1. The summed E-state index contributed by atoms with van der Waals surface area (Å²) >= 11 is 17.7. The van der Waals surface area contributed by atoms with Crippen LogP contribution in [0.25, 0.3) is 0 Å². The summed E-state index contributed by atoms with van der Waals surface area (Å²) in [7, 11) is 0. The normalized spacial score (nSPS) is 10.4. The Morgan fingerprint density at radius 2 is 1.40 bits per heavy atom. The van der Waals surface area contributed by atoms with E-state index in [-0.39, 0.29) is 5.91 Å². The van der Waals surface area contributed by atoms with Crippen LogP contribution in [0.1, 0.15) is 10.4 Å². The zero-order valence-corrected chi connectivity index (χ0v) is 14.9. The Morgan fingerprint density at radius 1 is 0.800 bits per heavy atom. The molecule has 3 rings (SSSR count). The minimum atomic E-state index is -0.364. The first kappa shape index (κ1) is 17.5. The molecule has 5 nitrogen and oxygen atoms in total. The summed E-state index contributed by atoms with van der Waals surface area (Å²) in [5.74, 6) is 0.000971. The minimum Gasteiger partial charge on any atom is -0.324 e. The number of hydrogen-bond acceptors (Lipinski definition) is 4. The number of carbonyl (C=O) groups excluding carboxylic acids is 1. The molecule has 0 fully saturated rings. The number of benzene rings is 2. The average molecular weight is 394 g/mol. The fourth-order valence-corrected chi connectivity index (χ4v) is 2.65. The van der Waals surface area contributed by atoms with Crippen molar-refractivity contribution < 1.29 is 4.79 Å². The van der Waals surface area contributed by atoms with Gasteiger partial charge in [0.1, 0.15) is 0 Å². The Labute approximate surface area is 159 Å². The van der Waals surface area contributed by atoms with Gasteiger partial charge in [0.05, 0.1) is 5.56 Å². The molecule has 25 heavy (non-hydrogen) atoms. The number of halogens is 3. The molecule has 1 aromatic heterocycles. The van der Waals surface area contributed by atoms with Crippen LogP contribution in [-0.4, -0.2) is 15.9 Å². The van der Waals surface area contributed by atoms with E-state index in [4.69, 9.17) is 34.8 Å². The zero-order chi connectivity index (χ0) is 17.8. The van der Waals surface area contributed by atoms with E-state index in [9.17, 15) is 4.79 Å². The van der Waals surface area contributed by atoms with Crippen LogP contribution < -0.4 is 10.6 Å². The highest BCUT2D eigenvalue weighted by Crippen LogP contribution is 2.23. The Hall–Kier alpha value is -2.34. The number of aromatic nitrogens is 2. The van der Waals surface area contributed by atoms with Gasteiger partial charge in [-0.15, -0.1) is 0 Å². The van der Waals surface area contributed by atoms with Gasteiger partial charge in [-0.3, -0.25) is 4.79 Å². The SMILES string of the molecule is O=C(Nc1cc(Cl)cc(Cl)c1)c1cnc(Nc2ccc(Cl)cc2)nc1. The summed E-state index contributed by atoms with van der Waals surface area (Å²) in [6, 6.07) is 11.9. The summed E-state index contributed by atoms with van der Waals surface area (Å²) in [5, 5.41) is 7.21. The Balaban J connectivity index is 1.68. The molecule has 0 bridgehead atoms. The minimum absolute atomic E-state index is 0.303. The first-order valence-electron chi connectivity index (χ1n) is 7.12. The van der Waals surface area contributed by atoms with Crippen LogP contribution in [0.5, 0.6) is 0 Å². The lowest BCUT2D eigenvalue weighted by atomic mass is 10.2. The monoisotopic (exact) mass is 392 g/mol. The topological polar surface area (TPSA) is 66.9 Å². The van der Waals surface area contributed by atoms with Crippen molar-refractivity contribution in [1.29, 1.82) is 0 Å². The van der Waals surface area contributed by atoms with E-state index in [0.29, 0.717) is 32.3 Å². The largest absolute Gasteiger partial charge is 0.324 e. The third-order valence-corrected chi connectivity index (χ3v) is 3.82. The second kappa shape index (κ2) is 7.70. The molecule has 3 aromatic rings. The molecule has 0 saturated carbocycles. The second-order valence-electron chi connectivity index (χ2n) is 5.04. The predicted molar refractivity (Wildman–Crippen MR) is 101 cm³/mol. The van der Waals surface area contributed by atoms with Crippen LogP contribution in [-0.2, 0) is 0 Å². The molecule has 0 radical (unpaired) electrons. The molecule has 0 saturated heterocycles. The molecular formula is C17H11Cl3N4O. The molecule has 1 amide bonds. The lowest BCUT2D eigenvalue weighted by Crippen LogP contribution is -2.13. The predicted octanol–water partition coefficient (Wildman–Crippen LogP) is 5.43. The average Bonchev–Trinajstić information content (AvgIpc) is 2.56. The van der Waals surface area contributed by atoms with Gasteiger partial charge in [0, 0.05) is 38.8 Å². The first-order chi connectivity index (χ1) is 12.0. The van der Waals surface area contributed by atoms with Crippen molar-refractivity contribution in [2.45, 2.75) is 0 Å². The van der Waals surface area contributed by atoms with Gasteiger partial charge in [-0.2, -0.15) is 0 Å². The third-order valence-electron chi connectivity index (χ3n) is 3.13. The lowest BCUT2D eigenvalue weighted by molar-refractivity contribution is 0.102.